The standard InChI is InChI=1S/C16H15Cl2N3O.ClH/c17-12-3-4-13(14(18)8-12)16(22)21-7-6-20-10-15(21)11-2-1-5-19-9-11;/h1-5,8-9,15,20H,6-7,10H2;1H. The minimum absolute atomic E-state index is 0. The fraction of sp³-hybridized carbons (Fsp3) is 0.250. The lowest BCUT2D eigenvalue weighted by molar-refractivity contribution is 0.0634. The van der Waals surface area contributed by atoms with Crippen LogP contribution in [0.1, 0.15) is 22.0 Å². The van der Waals surface area contributed by atoms with E-state index in [1.165, 1.54) is 0 Å². The number of carbonyl (C=O) groups is 1. The van der Waals surface area contributed by atoms with Gasteiger partial charge in [0.25, 0.3) is 5.91 Å². The Morgan fingerprint density at radius 1 is 1.30 bits per heavy atom. The lowest BCUT2D eigenvalue weighted by Crippen LogP contribution is -2.48. The molecule has 1 aliphatic heterocycles. The molecule has 1 aromatic heterocycles. The molecule has 1 fully saturated rings. The van der Waals surface area contributed by atoms with Gasteiger partial charge in [-0.15, -0.1) is 12.4 Å². The summed E-state index contributed by atoms with van der Waals surface area (Å²) >= 11 is 12.1. The minimum atomic E-state index is -0.0861. The lowest BCUT2D eigenvalue weighted by Gasteiger charge is -2.36. The minimum Gasteiger partial charge on any atom is -0.329 e. The number of aromatic nitrogens is 1. The van der Waals surface area contributed by atoms with Gasteiger partial charge in [0.1, 0.15) is 0 Å². The smallest absolute Gasteiger partial charge is 0.255 e. The van der Waals surface area contributed by atoms with Crippen molar-refractivity contribution in [3.63, 3.8) is 0 Å². The second kappa shape index (κ2) is 7.97. The van der Waals surface area contributed by atoms with Crippen LogP contribution in [0.4, 0.5) is 0 Å². The average Bonchev–Trinajstić information content (AvgIpc) is 2.55. The van der Waals surface area contributed by atoms with Crippen LogP contribution < -0.4 is 5.32 Å². The third kappa shape index (κ3) is 3.96. The Balaban J connectivity index is 0.00000192. The van der Waals surface area contributed by atoms with E-state index in [4.69, 9.17) is 23.2 Å². The molecule has 2 aromatic rings. The van der Waals surface area contributed by atoms with Gasteiger partial charge in [0.05, 0.1) is 16.6 Å². The number of rotatable bonds is 2. The molecule has 1 amide bonds. The summed E-state index contributed by atoms with van der Waals surface area (Å²) in [6.45, 7) is 2.08. The average molecular weight is 373 g/mol. The number of nitrogens with one attached hydrogen (secondary N) is 1. The fourth-order valence-corrected chi connectivity index (χ4v) is 3.13. The molecule has 0 radical (unpaired) electrons. The molecule has 2 heterocycles. The zero-order valence-corrected chi connectivity index (χ0v) is 14.5. The maximum atomic E-state index is 12.9. The number of carbonyl (C=O) groups excluding carboxylic acids is 1. The molecule has 1 N–H and O–H groups in total. The molecule has 7 heteroatoms. The molecule has 1 atom stereocenters. The molecule has 0 saturated carbocycles. The highest BCUT2D eigenvalue weighted by molar-refractivity contribution is 6.36. The molecule has 0 bridgehead atoms. The maximum absolute atomic E-state index is 12.9. The normalized spacial score (nSPS) is 17.5. The number of hydrogen-bond acceptors (Lipinski definition) is 3. The Kier molecular flexibility index (Phi) is 6.25. The van der Waals surface area contributed by atoms with E-state index in [0.717, 1.165) is 12.1 Å². The van der Waals surface area contributed by atoms with Crippen LogP contribution in [0.5, 0.6) is 0 Å². The van der Waals surface area contributed by atoms with E-state index < -0.39 is 0 Å². The largest absolute Gasteiger partial charge is 0.329 e. The van der Waals surface area contributed by atoms with Crippen molar-refractivity contribution >= 4 is 41.5 Å². The van der Waals surface area contributed by atoms with Gasteiger partial charge in [-0.1, -0.05) is 29.3 Å². The van der Waals surface area contributed by atoms with Gasteiger partial charge in [-0.05, 0) is 29.8 Å². The Morgan fingerprint density at radius 2 is 2.13 bits per heavy atom. The highest BCUT2D eigenvalue weighted by Gasteiger charge is 2.29. The topological polar surface area (TPSA) is 45.2 Å². The van der Waals surface area contributed by atoms with Gasteiger partial charge < -0.3 is 10.2 Å². The molecule has 122 valence electrons. The summed E-state index contributed by atoms with van der Waals surface area (Å²) in [6, 6.07) is 8.76. The highest BCUT2D eigenvalue weighted by atomic mass is 35.5. The fourth-order valence-electron chi connectivity index (χ4n) is 2.64. The Bertz CT molecular complexity index is 682. The van der Waals surface area contributed by atoms with Gasteiger partial charge in [-0.3, -0.25) is 9.78 Å². The highest BCUT2D eigenvalue weighted by Crippen LogP contribution is 2.27. The van der Waals surface area contributed by atoms with E-state index in [1.54, 1.807) is 30.6 Å². The molecule has 23 heavy (non-hydrogen) atoms. The zero-order valence-electron chi connectivity index (χ0n) is 12.2. The SMILES string of the molecule is Cl.O=C(c1ccc(Cl)cc1Cl)N1CCNCC1c1cccnc1. The Morgan fingerprint density at radius 3 is 2.83 bits per heavy atom. The van der Waals surface area contributed by atoms with E-state index in [2.05, 4.69) is 10.3 Å². The van der Waals surface area contributed by atoms with Crippen LogP contribution in [0, 0.1) is 0 Å². The van der Waals surface area contributed by atoms with Crippen LogP contribution in [-0.4, -0.2) is 35.4 Å². The van der Waals surface area contributed by atoms with Crippen LogP contribution in [0.2, 0.25) is 10.0 Å². The number of amides is 1. The van der Waals surface area contributed by atoms with Crippen LogP contribution in [0.25, 0.3) is 0 Å². The summed E-state index contributed by atoms with van der Waals surface area (Å²) < 4.78 is 0. The van der Waals surface area contributed by atoms with Crippen molar-refractivity contribution in [2.24, 2.45) is 0 Å². The summed E-state index contributed by atoms with van der Waals surface area (Å²) in [5.74, 6) is -0.0861. The second-order valence-electron chi connectivity index (χ2n) is 5.13. The molecule has 4 nitrogen and oxygen atoms in total. The molecule has 0 spiro atoms. The number of benzene rings is 1. The predicted molar refractivity (Wildman–Crippen MR) is 94.6 cm³/mol. The number of nitrogens with zero attached hydrogens (tertiary/aromatic N) is 2. The van der Waals surface area contributed by atoms with E-state index >= 15 is 0 Å². The molecule has 1 aliphatic rings. The third-order valence-corrected chi connectivity index (χ3v) is 4.28. The van der Waals surface area contributed by atoms with E-state index in [9.17, 15) is 4.79 Å². The van der Waals surface area contributed by atoms with Crippen LogP contribution in [0.3, 0.4) is 0 Å². The molecule has 1 unspecified atom stereocenters. The molecular formula is C16H16Cl3N3O. The predicted octanol–water partition coefficient (Wildman–Crippen LogP) is 3.60. The Labute approximate surface area is 151 Å². The first-order chi connectivity index (χ1) is 10.7. The summed E-state index contributed by atoms with van der Waals surface area (Å²) in [4.78, 5) is 18.8. The first-order valence-electron chi connectivity index (χ1n) is 7.03. The van der Waals surface area contributed by atoms with Crippen LogP contribution in [-0.2, 0) is 0 Å². The zero-order chi connectivity index (χ0) is 15.5. The molecule has 1 saturated heterocycles. The van der Waals surface area contributed by atoms with Crippen molar-refractivity contribution in [2.45, 2.75) is 6.04 Å². The van der Waals surface area contributed by atoms with E-state index in [1.807, 2.05) is 17.0 Å². The number of pyridine rings is 1. The molecule has 3 rings (SSSR count). The first kappa shape index (κ1) is 18.0. The molecular weight excluding hydrogens is 357 g/mol. The van der Waals surface area contributed by atoms with Crippen LogP contribution in [0.15, 0.2) is 42.7 Å². The van der Waals surface area contributed by atoms with Crippen molar-refractivity contribution < 1.29 is 4.79 Å². The van der Waals surface area contributed by atoms with Gasteiger partial charge in [0.15, 0.2) is 0 Å². The number of halogens is 3. The summed E-state index contributed by atoms with van der Waals surface area (Å²) in [6.07, 6.45) is 3.52. The first-order valence-corrected chi connectivity index (χ1v) is 7.79. The maximum Gasteiger partial charge on any atom is 0.255 e. The summed E-state index contributed by atoms with van der Waals surface area (Å²) in [5, 5.41) is 4.21. The number of piperazine rings is 1. The van der Waals surface area contributed by atoms with Crippen molar-refractivity contribution in [3.8, 4) is 0 Å². The van der Waals surface area contributed by atoms with Crippen molar-refractivity contribution in [2.75, 3.05) is 19.6 Å². The van der Waals surface area contributed by atoms with Gasteiger partial charge in [0.2, 0.25) is 0 Å². The van der Waals surface area contributed by atoms with Crippen molar-refractivity contribution in [3.05, 3.63) is 63.9 Å². The molecule has 1 aromatic carbocycles. The third-order valence-electron chi connectivity index (χ3n) is 3.73. The van der Waals surface area contributed by atoms with Gasteiger partial charge in [0, 0.05) is 37.1 Å². The van der Waals surface area contributed by atoms with Crippen LogP contribution >= 0.6 is 35.6 Å². The van der Waals surface area contributed by atoms with Gasteiger partial charge >= 0.3 is 0 Å². The quantitative estimate of drug-likeness (QED) is 0.876. The monoisotopic (exact) mass is 371 g/mol. The Hall–Kier alpha value is -1.33. The van der Waals surface area contributed by atoms with Gasteiger partial charge in [-0.2, -0.15) is 0 Å². The van der Waals surface area contributed by atoms with E-state index in [0.29, 0.717) is 28.7 Å². The van der Waals surface area contributed by atoms with Gasteiger partial charge in [-0.25, -0.2) is 0 Å². The van der Waals surface area contributed by atoms with E-state index in [-0.39, 0.29) is 24.4 Å². The van der Waals surface area contributed by atoms with Crippen molar-refractivity contribution in [1.29, 1.82) is 0 Å². The number of hydrogen-bond donors (Lipinski definition) is 1. The summed E-state index contributed by atoms with van der Waals surface area (Å²) in [5.41, 5.74) is 1.48. The summed E-state index contributed by atoms with van der Waals surface area (Å²) in [7, 11) is 0. The lowest BCUT2D eigenvalue weighted by atomic mass is 10.0. The second-order valence-corrected chi connectivity index (χ2v) is 5.97. The van der Waals surface area contributed by atoms with Crippen molar-refractivity contribution in [1.82, 2.24) is 15.2 Å². The molecule has 0 aliphatic carbocycles.